The quantitative estimate of drug-likeness (QED) is 0.335. The zero-order valence-corrected chi connectivity index (χ0v) is 12.1. The van der Waals surface area contributed by atoms with Crippen molar-refractivity contribution < 1.29 is 115 Å². The van der Waals surface area contributed by atoms with E-state index in [9.17, 15) is 39.6 Å². The molecule has 0 aliphatic rings. The van der Waals surface area contributed by atoms with Crippen LogP contribution in [0, 0.1) is 11.3 Å². The van der Waals surface area contributed by atoms with Crippen LogP contribution in [0.3, 0.4) is 0 Å². The number of aliphatic carboxylic acids is 4. The zero-order valence-electron chi connectivity index (χ0n) is 12.1. The van der Waals surface area contributed by atoms with Gasteiger partial charge in [0.25, 0.3) is 0 Å². The van der Waals surface area contributed by atoms with E-state index in [0.29, 0.717) is 0 Å². The van der Waals surface area contributed by atoms with Gasteiger partial charge in [0.15, 0.2) is 0 Å². The third-order valence-corrected chi connectivity index (χ3v) is 2.18. The van der Waals surface area contributed by atoms with Crippen LogP contribution in [0.25, 0.3) is 0 Å². The van der Waals surface area contributed by atoms with Crippen LogP contribution in [0.1, 0.15) is 13.3 Å². The Kier molecular flexibility index (Phi) is 20.9. The predicted molar refractivity (Wildman–Crippen MR) is 36.2 cm³/mol. The van der Waals surface area contributed by atoms with Crippen molar-refractivity contribution in [2.45, 2.75) is 13.3 Å². The second kappa shape index (κ2) is 13.0. The number of rotatable bonds is 6. The summed E-state index contributed by atoms with van der Waals surface area (Å²) in [5.41, 5.74) is -3.76. The van der Waals surface area contributed by atoms with E-state index in [1.807, 2.05) is 0 Å². The van der Waals surface area contributed by atoms with Crippen molar-refractivity contribution in [3.63, 3.8) is 0 Å². The Morgan fingerprint density at radius 2 is 1.05 bits per heavy atom. The van der Waals surface area contributed by atoms with Crippen LogP contribution >= 0.6 is 0 Å². The van der Waals surface area contributed by atoms with Gasteiger partial charge in [-0.2, -0.15) is 0 Å². The van der Waals surface area contributed by atoms with E-state index in [-0.39, 0.29) is 75.4 Å². The molecule has 0 aromatic carbocycles. The molecule has 0 fully saturated rings. The molecule has 8 nitrogen and oxygen atoms in total. The molecule has 0 radical (unpaired) electrons. The topological polar surface area (TPSA) is 161 Å². The standard InChI is InChI=1S/C8H10O8.4Li/c1-2-3(4(9)10)8(5(11)12,6(13)14)7(15)16;;;;/h3H,2H2,1H3,(H,9,10)(H,11,12)(H,13,14)(H,15,16);;;;/q;4*+1/p-4. The first-order chi connectivity index (χ1) is 7.22. The Bertz CT molecular complexity index is 322. The number of carbonyl (C=O) groups excluding carboxylic acids is 4. The van der Waals surface area contributed by atoms with E-state index in [4.69, 9.17) is 0 Å². The molecule has 90 valence electrons. The normalized spacial score (nSPS) is 10.2. The van der Waals surface area contributed by atoms with Gasteiger partial charge in [0, 0.05) is 11.9 Å². The third kappa shape index (κ3) is 5.95. The second-order valence-electron chi connectivity index (χ2n) is 2.95. The fourth-order valence-corrected chi connectivity index (χ4v) is 1.33. The molecule has 1 unspecified atom stereocenters. The Morgan fingerprint density at radius 1 is 0.800 bits per heavy atom. The molecule has 0 aromatic rings. The second-order valence-corrected chi connectivity index (χ2v) is 2.95. The minimum atomic E-state index is -3.76. The molecule has 20 heavy (non-hydrogen) atoms. The average Bonchev–Trinajstić information content (AvgIpc) is 2.10. The number of carbonyl (C=O) groups is 4. The zero-order chi connectivity index (χ0) is 13.1. The fraction of sp³-hybridized carbons (Fsp3) is 0.500. The van der Waals surface area contributed by atoms with Crippen LogP contribution in [0.5, 0.6) is 0 Å². The molecule has 0 saturated carbocycles. The summed E-state index contributed by atoms with van der Waals surface area (Å²) < 4.78 is 0. The van der Waals surface area contributed by atoms with Crippen LogP contribution in [0.2, 0.25) is 0 Å². The van der Waals surface area contributed by atoms with E-state index < -0.39 is 41.6 Å². The Morgan fingerprint density at radius 3 is 1.10 bits per heavy atom. The molecule has 12 heteroatoms. The summed E-state index contributed by atoms with van der Waals surface area (Å²) in [4.78, 5) is 42.2. The van der Waals surface area contributed by atoms with Crippen molar-refractivity contribution in [1.82, 2.24) is 0 Å². The van der Waals surface area contributed by atoms with E-state index in [1.165, 1.54) is 0 Å². The summed E-state index contributed by atoms with van der Waals surface area (Å²) in [7, 11) is 0. The van der Waals surface area contributed by atoms with Gasteiger partial charge in [0.1, 0.15) is 0 Å². The molecular formula is C8H6Li4O8. The molecule has 0 spiro atoms. The summed E-state index contributed by atoms with van der Waals surface area (Å²) in [5, 5.41) is 42.2. The Balaban J connectivity index is -0.000000187. The van der Waals surface area contributed by atoms with E-state index in [0.717, 1.165) is 6.92 Å². The summed E-state index contributed by atoms with van der Waals surface area (Å²) in [5.74, 6) is -12.4. The Labute approximate surface area is 162 Å². The van der Waals surface area contributed by atoms with Gasteiger partial charge in [0.2, 0.25) is 0 Å². The summed E-state index contributed by atoms with van der Waals surface area (Å²) >= 11 is 0. The first-order valence-electron chi connectivity index (χ1n) is 4.08. The van der Waals surface area contributed by atoms with Crippen LogP contribution < -0.4 is 95.9 Å². The molecule has 0 bridgehead atoms. The van der Waals surface area contributed by atoms with Gasteiger partial charge in [-0.15, -0.1) is 0 Å². The first-order valence-corrected chi connectivity index (χ1v) is 4.08. The van der Waals surface area contributed by atoms with E-state index in [2.05, 4.69) is 0 Å². The van der Waals surface area contributed by atoms with Crippen molar-refractivity contribution in [2.24, 2.45) is 11.3 Å². The predicted octanol–water partition coefficient (Wildman–Crippen LogP) is -18.0. The minimum Gasteiger partial charge on any atom is -0.550 e. The van der Waals surface area contributed by atoms with Crippen molar-refractivity contribution in [3.8, 4) is 0 Å². The number of hydrogen-bond donors (Lipinski definition) is 0. The summed E-state index contributed by atoms with van der Waals surface area (Å²) in [6.45, 7) is 1.07. The molecule has 0 aromatic heterocycles. The largest absolute Gasteiger partial charge is 1.00 e. The molecule has 0 heterocycles. The fourth-order valence-electron chi connectivity index (χ4n) is 1.33. The monoisotopic (exact) mass is 258 g/mol. The molecule has 0 amide bonds. The SMILES string of the molecule is CCC(C(=O)[O-])C(C(=O)[O-])(C(=O)[O-])C(=O)[O-].[Li+].[Li+].[Li+].[Li+]. The van der Waals surface area contributed by atoms with Crippen LogP contribution in [0.15, 0.2) is 0 Å². The van der Waals surface area contributed by atoms with Gasteiger partial charge < -0.3 is 39.6 Å². The van der Waals surface area contributed by atoms with Gasteiger partial charge in [-0.25, -0.2) is 0 Å². The molecule has 0 aliphatic carbocycles. The number of hydrogen-bond acceptors (Lipinski definition) is 8. The molecule has 0 aliphatic heterocycles. The van der Waals surface area contributed by atoms with Gasteiger partial charge in [-0.05, 0) is 6.42 Å². The van der Waals surface area contributed by atoms with Gasteiger partial charge in [0.05, 0.1) is 23.3 Å². The Hall–Kier alpha value is 0.270. The van der Waals surface area contributed by atoms with Crippen molar-refractivity contribution in [1.29, 1.82) is 0 Å². The van der Waals surface area contributed by atoms with Crippen molar-refractivity contribution in [2.75, 3.05) is 0 Å². The number of carboxylic acids is 4. The molecule has 1 atom stereocenters. The summed E-state index contributed by atoms with van der Waals surface area (Å²) in [6, 6.07) is 0. The average molecular weight is 258 g/mol. The molecule has 0 saturated heterocycles. The third-order valence-electron chi connectivity index (χ3n) is 2.18. The van der Waals surface area contributed by atoms with Crippen LogP contribution in [-0.4, -0.2) is 23.9 Å². The summed E-state index contributed by atoms with van der Waals surface area (Å²) in [6.07, 6.45) is -0.613. The smallest absolute Gasteiger partial charge is 0.550 e. The van der Waals surface area contributed by atoms with Gasteiger partial charge >= 0.3 is 75.4 Å². The minimum absolute atomic E-state index is 0. The first kappa shape index (κ1) is 32.3. The van der Waals surface area contributed by atoms with Gasteiger partial charge in [-0.1, -0.05) is 6.92 Å². The maximum Gasteiger partial charge on any atom is 1.00 e. The van der Waals surface area contributed by atoms with E-state index in [1.54, 1.807) is 0 Å². The maximum atomic E-state index is 10.6. The molecular weight excluding hydrogens is 252 g/mol. The molecule has 0 N–H and O–H groups in total. The van der Waals surface area contributed by atoms with Crippen molar-refractivity contribution >= 4 is 23.9 Å². The van der Waals surface area contributed by atoms with Crippen LogP contribution in [-0.2, 0) is 19.2 Å². The van der Waals surface area contributed by atoms with Gasteiger partial charge in [-0.3, -0.25) is 0 Å². The number of carboxylic acid groups (broad SMARTS) is 4. The van der Waals surface area contributed by atoms with Crippen molar-refractivity contribution in [3.05, 3.63) is 0 Å². The molecule has 0 rings (SSSR count). The maximum absolute atomic E-state index is 10.6. The van der Waals surface area contributed by atoms with Crippen LogP contribution in [0.4, 0.5) is 0 Å². The van der Waals surface area contributed by atoms with E-state index >= 15 is 0 Å².